The number of anilines is 1. The summed E-state index contributed by atoms with van der Waals surface area (Å²) in [6, 6.07) is 5.37. The number of phenols is 1. The maximum Gasteiger partial charge on any atom is 0.253 e. The Balaban J connectivity index is 2.17. The van der Waals surface area contributed by atoms with E-state index in [1.807, 2.05) is 26.0 Å². The van der Waals surface area contributed by atoms with Crippen molar-refractivity contribution in [1.29, 1.82) is 0 Å². The number of aromatic nitrogens is 2. The number of nitrogen functional groups attached to an aromatic ring is 1. The predicted molar refractivity (Wildman–Crippen MR) is 95.7 cm³/mol. The van der Waals surface area contributed by atoms with Crippen LogP contribution in [0.15, 0.2) is 18.2 Å². The average Bonchev–Trinajstić information content (AvgIpc) is 3.11. The Hall–Kier alpha value is -3.06. The second-order valence-corrected chi connectivity index (χ2v) is 6.40. The summed E-state index contributed by atoms with van der Waals surface area (Å²) in [5.41, 5.74) is 17.0. The van der Waals surface area contributed by atoms with E-state index in [0.29, 0.717) is 35.4 Å². The van der Waals surface area contributed by atoms with Crippen molar-refractivity contribution in [1.82, 2.24) is 14.9 Å². The number of rotatable bonds is 2. The van der Waals surface area contributed by atoms with Crippen LogP contribution in [0.2, 0.25) is 0 Å². The number of carbonyl (C=O) groups excluding carboxylic acids is 1. The second-order valence-electron chi connectivity index (χ2n) is 6.40. The molecule has 1 aromatic carbocycles. The van der Waals surface area contributed by atoms with Crippen LogP contribution < -0.4 is 16.8 Å². The fourth-order valence-electron chi connectivity index (χ4n) is 3.58. The zero-order chi connectivity index (χ0) is 17.9. The highest BCUT2D eigenvalue weighted by molar-refractivity contribution is 6.11. The largest absolute Gasteiger partial charge is 0.508 e. The lowest BCUT2D eigenvalue weighted by Gasteiger charge is -2.15. The molecule has 0 aliphatic carbocycles. The van der Waals surface area contributed by atoms with Crippen LogP contribution in [-0.2, 0) is 13.1 Å². The summed E-state index contributed by atoms with van der Waals surface area (Å²) in [5, 5.41) is 14.0. The van der Waals surface area contributed by atoms with Crippen LogP contribution in [0.4, 0.5) is 5.82 Å². The maximum absolute atomic E-state index is 12.1. The minimum Gasteiger partial charge on any atom is -0.508 e. The molecule has 0 radical (unpaired) electrons. The van der Waals surface area contributed by atoms with Gasteiger partial charge in [-0.05, 0) is 37.1 Å². The van der Waals surface area contributed by atoms with Crippen molar-refractivity contribution >= 4 is 22.8 Å². The number of nitrogens with one attached hydrogen (secondary N) is 1. The average molecular weight is 337 g/mol. The third-order valence-electron chi connectivity index (χ3n) is 4.83. The first kappa shape index (κ1) is 15.5. The van der Waals surface area contributed by atoms with Crippen molar-refractivity contribution in [2.24, 2.45) is 5.73 Å². The SMILES string of the molecule is Cc1ccc(O)c(C)c1-n1c(N)c(C(N)=O)c2cc3c(nc21)CNC3. The summed E-state index contributed by atoms with van der Waals surface area (Å²) in [6.07, 6.45) is 0. The maximum atomic E-state index is 12.1. The molecule has 0 fully saturated rings. The lowest BCUT2D eigenvalue weighted by molar-refractivity contribution is 0.100. The number of fused-ring (bicyclic) bond motifs is 2. The van der Waals surface area contributed by atoms with Crippen molar-refractivity contribution in [3.8, 4) is 11.4 Å². The number of nitrogens with zero attached hydrogens (tertiary/aromatic N) is 2. The smallest absolute Gasteiger partial charge is 0.253 e. The molecule has 7 heteroatoms. The van der Waals surface area contributed by atoms with Gasteiger partial charge in [-0.1, -0.05) is 6.07 Å². The number of benzene rings is 1. The molecule has 1 aliphatic heterocycles. The van der Waals surface area contributed by atoms with E-state index in [0.717, 1.165) is 16.8 Å². The van der Waals surface area contributed by atoms with Gasteiger partial charge >= 0.3 is 0 Å². The highest BCUT2D eigenvalue weighted by Crippen LogP contribution is 2.36. The van der Waals surface area contributed by atoms with Gasteiger partial charge in [0.2, 0.25) is 0 Å². The van der Waals surface area contributed by atoms with E-state index in [1.165, 1.54) is 0 Å². The fourth-order valence-corrected chi connectivity index (χ4v) is 3.58. The quantitative estimate of drug-likeness (QED) is 0.567. The molecule has 4 rings (SSSR count). The molecular weight excluding hydrogens is 318 g/mol. The van der Waals surface area contributed by atoms with Gasteiger partial charge in [-0.15, -0.1) is 0 Å². The van der Waals surface area contributed by atoms with Gasteiger partial charge in [0.1, 0.15) is 17.2 Å². The standard InChI is InChI=1S/C18H19N5O2/c1-8-3-4-13(24)9(2)15(8)23-16(19)14(17(20)25)11-5-10-6-21-7-12(10)22-18(11)23/h3-5,21,24H,6-7,19H2,1-2H3,(H2,20,25). The van der Waals surface area contributed by atoms with Crippen molar-refractivity contribution in [2.45, 2.75) is 26.9 Å². The Labute approximate surface area is 144 Å². The topological polar surface area (TPSA) is 119 Å². The number of amides is 1. The minimum atomic E-state index is -0.593. The van der Waals surface area contributed by atoms with E-state index in [1.54, 1.807) is 10.6 Å². The van der Waals surface area contributed by atoms with Crippen LogP contribution in [0, 0.1) is 13.8 Å². The van der Waals surface area contributed by atoms with Crippen molar-refractivity contribution in [2.75, 3.05) is 5.73 Å². The molecule has 7 nitrogen and oxygen atoms in total. The van der Waals surface area contributed by atoms with Gasteiger partial charge in [0.15, 0.2) is 0 Å². The zero-order valence-electron chi connectivity index (χ0n) is 14.1. The first-order chi connectivity index (χ1) is 11.9. The molecular formula is C18H19N5O2. The number of primary amides is 1. The number of hydrogen-bond acceptors (Lipinski definition) is 5. The van der Waals surface area contributed by atoms with E-state index >= 15 is 0 Å². The van der Waals surface area contributed by atoms with Crippen LogP contribution in [-0.4, -0.2) is 20.6 Å². The fraction of sp³-hybridized carbons (Fsp3) is 0.222. The molecule has 0 bridgehead atoms. The Kier molecular flexibility index (Phi) is 3.23. The van der Waals surface area contributed by atoms with E-state index in [-0.39, 0.29) is 17.1 Å². The lowest BCUT2D eigenvalue weighted by Crippen LogP contribution is -2.14. The van der Waals surface area contributed by atoms with Crippen molar-refractivity contribution in [3.05, 3.63) is 46.1 Å². The van der Waals surface area contributed by atoms with Crippen LogP contribution in [0.3, 0.4) is 0 Å². The predicted octanol–water partition coefficient (Wildman–Crippen LogP) is 1.63. The molecule has 1 aliphatic rings. The molecule has 0 saturated heterocycles. The summed E-state index contributed by atoms with van der Waals surface area (Å²) in [4.78, 5) is 16.8. The number of nitrogens with two attached hydrogens (primary N) is 2. The molecule has 0 saturated carbocycles. The molecule has 128 valence electrons. The summed E-state index contributed by atoms with van der Waals surface area (Å²) < 4.78 is 1.72. The Morgan fingerprint density at radius 1 is 1.32 bits per heavy atom. The molecule has 3 aromatic rings. The second kappa shape index (κ2) is 5.22. The molecule has 0 spiro atoms. The van der Waals surface area contributed by atoms with E-state index < -0.39 is 5.91 Å². The first-order valence-electron chi connectivity index (χ1n) is 8.03. The number of aromatic hydroxyl groups is 1. The number of carbonyl (C=O) groups is 1. The summed E-state index contributed by atoms with van der Waals surface area (Å²) in [5.74, 6) is -0.196. The normalized spacial score (nSPS) is 13.4. The summed E-state index contributed by atoms with van der Waals surface area (Å²) in [6.45, 7) is 5.10. The van der Waals surface area contributed by atoms with Gasteiger partial charge in [0.05, 0.1) is 16.9 Å². The molecule has 0 atom stereocenters. The minimum absolute atomic E-state index is 0.158. The Morgan fingerprint density at radius 3 is 2.80 bits per heavy atom. The highest BCUT2D eigenvalue weighted by atomic mass is 16.3. The molecule has 3 heterocycles. The highest BCUT2D eigenvalue weighted by Gasteiger charge is 2.26. The van der Waals surface area contributed by atoms with Crippen LogP contribution in [0.1, 0.15) is 32.7 Å². The third-order valence-corrected chi connectivity index (χ3v) is 4.83. The third kappa shape index (κ3) is 2.09. The van der Waals surface area contributed by atoms with Gasteiger partial charge in [0, 0.05) is 24.0 Å². The first-order valence-corrected chi connectivity index (χ1v) is 8.03. The molecule has 25 heavy (non-hydrogen) atoms. The van der Waals surface area contributed by atoms with Gasteiger partial charge < -0.3 is 21.9 Å². The van der Waals surface area contributed by atoms with Crippen LogP contribution in [0.25, 0.3) is 16.7 Å². The summed E-state index contributed by atoms with van der Waals surface area (Å²) in [7, 11) is 0. The van der Waals surface area contributed by atoms with Gasteiger partial charge in [-0.25, -0.2) is 4.98 Å². The molecule has 6 N–H and O–H groups in total. The van der Waals surface area contributed by atoms with Crippen LogP contribution >= 0.6 is 0 Å². The van der Waals surface area contributed by atoms with E-state index in [9.17, 15) is 9.90 Å². The monoisotopic (exact) mass is 337 g/mol. The number of aryl methyl sites for hydroxylation is 1. The van der Waals surface area contributed by atoms with E-state index in [4.69, 9.17) is 16.5 Å². The van der Waals surface area contributed by atoms with Gasteiger partial charge in [-0.2, -0.15) is 0 Å². The molecule has 2 aromatic heterocycles. The molecule has 1 amide bonds. The lowest BCUT2D eigenvalue weighted by atomic mass is 10.1. The van der Waals surface area contributed by atoms with Crippen LogP contribution in [0.5, 0.6) is 5.75 Å². The Morgan fingerprint density at radius 2 is 2.08 bits per heavy atom. The number of pyridine rings is 1. The molecule has 0 unspecified atom stereocenters. The Bertz CT molecular complexity index is 1050. The number of phenolic OH excluding ortho intramolecular Hbond substituents is 1. The van der Waals surface area contributed by atoms with E-state index in [2.05, 4.69) is 5.32 Å². The summed E-state index contributed by atoms with van der Waals surface area (Å²) >= 11 is 0. The van der Waals surface area contributed by atoms with Gasteiger partial charge in [0.25, 0.3) is 5.91 Å². The van der Waals surface area contributed by atoms with Gasteiger partial charge in [-0.3, -0.25) is 9.36 Å². The number of hydrogen-bond donors (Lipinski definition) is 4. The van der Waals surface area contributed by atoms with Crippen molar-refractivity contribution < 1.29 is 9.90 Å². The van der Waals surface area contributed by atoms with Crippen molar-refractivity contribution in [3.63, 3.8) is 0 Å². The zero-order valence-corrected chi connectivity index (χ0v) is 14.1.